The first kappa shape index (κ1) is 19.1. The van der Waals surface area contributed by atoms with Crippen LogP contribution in [0.25, 0.3) is 22.0 Å². The second-order valence-corrected chi connectivity index (χ2v) is 6.66. The van der Waals surface area contributed by atoms with E-state index in [4.69, 9.17) is 10.5 Å². The zero-order valence-corrected chi connectivity index (χ0v) is 17.2. The topological polar surface area (TPSA) is 79.6 Å². The molecule has 0 spiro atoms. The summed E-state index contributed by atoms with van der Waals surface area (Å²) in [6.07, 6.45) is 0. The van der Waals surface area contributed by atoms with E-state index in [0.29, 0.717) is 11.6 Å². The Bertz CT molecular complexity index is 1100. The third-order valence-corrected chi connectivity index (χ3v) is 5.18. The molecule has 8 heteroatoms. The lowest BCUT2D eigenvalue weighted by Crippen LogP contribution is -3.00. The number of ether oxygens (including phenoxy) is 1. The van der Waals surface area contributed by atoms with Crippen molar-refractivity contribution in [3.63, 3.8) is 0 Å². The summed E-state index contributed by atoms with van der Waals surface area (Å²) in [6.45, 7) is 0. The van der Waals surface area contributed by atoms with Crippen molar-refractivity contribution in [1.82, 2.24) is 4.98 Å². The number of hydrogen-bond donors (Lipinski definition) is 2. The van der Waals surface area contributed by atoms with Gasteiger partial charge in [0, 0.05) is 21.7 Å². The number of azo groups is 1. The van der Waals surface area contributed by atoms with Gasteiger partial charge in [0.05, 0.1) is 19.3 Å². The number of aromatic nitrogens is 2. The van der Waals surface area contributed by atoms with Gasteiger partial charge >= 0.3 is 5.13 Å². The van der Waals surface area contributed by atoms with Crippen LogP contribution in [0.2, 0.25) is 0 Å². The zero-order valence-electron chi connectivity index (χ0n) is 14.8. The second-order valence-electron chi connectivity index (χ2n) is 5.82. The van der Waals surface area contributed by atoms with Gasteiger partial charge in [0.1, 0.15) is 17.3 Å². The van der Waals surface area contributed by atoms with E-state index in [1.807, 2.05) is 60.1 Å². The first-order chi connectivity index (χ1) is 12.7. The molecule has 0 saturated carbocycles. The number of nitrogens with zero attached hydrogens (tertiary/aromatic N) is 3. The quantitative estimate of drug-likeness (QED) is 0.372. The summed E-state index contributed by atoms with van der Waals surface area (Å²) in [6, 6.07) is 15.8. The van der Waals surface area contributed by atoms with Gasteiger partial charge in [-0.15, -0.1) is 0 Å². The normalized spacial score (nSPS) is 11.0. The third kappa shape index (κ3) is 3.58. The number of nitrogen functional groups attached to an aromatic ring is 1. The summed E-state index contributed by atoms with van der Waals surface area (Å²) in [7, 11) is 3.64. The predicted molar refractivity (Wildman–Crippen MR) is 104 cm³/mol. The number of halogens is 1. The van der Waals surface area contributed by atoms with E-state index in [2.05, 4.69) is 20.6 Å². The third-order valence-electron chi connectivity index (χ3n) is 4.27. The fourth-order valence-electron chi connectivity index (χ4n) is 2.84. The summed E-state index contributed by atoms with van der Waals surface area (Å²) < 4.78 is 7.23. The summed E-state index contributed by atoms with van der Waals surface area (Å²) in [4.78, 5) is 3.09. The average Bonchev–Trinajstić information content (AvgIpc) is 3.20. The molecule has 3 N–H and O–H groups in total. The molecular weight excluding hydrogens is 426 g/mol. The minimum absolute atomic E-state index is 0. The number of benzene rings is 2. The van der Waals surface area contributed by atoms with Crippen LogP contribution in [-0.2, 0) is 7.05 Å². The van der Waals surface area contributed by atoms with Crippen LogP contribution in [-0.4, -0.2) is 12.1 Å². The number of nitrogens with one attached hydrogen (secondary N) is 1. The summed E-state index contributed by atoms with van der Waals surface area (Å²) >= 11 is 1.54. The molecule has 2 aromatic carbocycles. The molecule has 0 atom stereocenters. The van der Waals surface area contributed by atoms with Crippen molar-refractivity contribution in [1.29, 1.82) is 0 Å². The van der Waals surface area contributed by atoms with Crippen LogP contribution < -0.4 is 32.0 Å². The van der Waals surface area contributed by atoms with Gasteiger partial charge in [-0.1, -0.05) is 24.3 Å². The van der Waals surface area contributed by atoms with Crippen molar-refractivity contribution in [2.45, 2.75) is 0 Å². The summed E-state index contributed by atoms with van der Waals surface area (Å²) in [5.74, 6) is 2.10. The average molecular weight is 444 g/mol. The molecule has 0 bridgehead atoms. The van der Waals surface area contributed by atoms with Gasteiger partial charge in [-0.05, 0) is 40.7 Å². The van der Waals surface area contributed by atoms with Crippen molar-refractivity contribution >= 4 is 38.9 Å². The van der Waals surface area contributed by atoms with E-state index in [1.54, 1.807) is 7.11 Å². The molecule has 0 saturated heterocycles. The summed E-state index contributed by atoms with van der Waals surface area (Å²) in [5.41, 5.74) is 8.18. The fraction of sp³-hybridized carbons (Fsp3) is 0.105. The maximum atomic E-state index is 6.01. The highest BCUT2D eigenvalue weighted by Gasteiger charge is 2.17. The zero-order chi connectivity index (χ0) is 18.1. The van der Waals surface area contributed by atoms with Gasteiger partial charge in [-0.25, -0.2) is 4.57 Å². The molecule has 6 nitrogen and oxygen atoms in total. The van der Waals surface area contributed by atoms with Gasteiger partial charge in [0.25, 0.3) is 0 Å². The van der Waals surface area contributed by atoms with Crippen LogP contribution in [0.5, 0.6) is 5.75 Å². The molecule has 0 aliphatic heterocycles. The van der Waals surface area contributed by atoms with Crippen molar-refractivity contribution < 1.29 is 26.3 Å². The fourth-order valence-corrected chi connectivity index (χ4v) is 3.70. The second kappa shape index (κ2) is 7.89. The Morgan fingerprint density at radius 2 is 1.74 bits per heavy atom. The van der Waals surface area contributed by atoms with E-state index in [-0.39, 0.29) is 17.0 Å². The van der Waals surface area contributed by atoms with E-state index in [1.165, 1.54) is 11.3 Å². The Kier molecular flexibility index (Phi) is 5.57. The van der Waals surface area contributed by atoms with Crippen LogP contribution >= 0.6 is 11.3 Å². The van der Waals surface area contributed by atoms with Gasteiger partial charge in [0.15, 0.2) is 5.82 Å². The number of aromatic amines is 1. The van der Waals surface area contributed by atoms with Crippen LogP contribution in [0.15, 0.2) is 64.1 Å². The molecule has 27 heavy (non-hydrogen) atoms. The molecule has 4 rings (SSSR count). The molecular formula is C19H18BrN5OS. The smallest absolute Gasteiger partial charge is 0.408 e. The monoisotopic (exact) mass is 443 g/mol. The number of methoxy groups -OCH3 is 1. The Labute approximate surface area is 171 Å². The van der Waals surface area contributed by atoms with Crippen LogP contribution in [0, 0.1) is 0 Å². The van der Waals surface area contributed by atoms with E-state index < -0.39 is 0 Å². The Balaban J connectivity index is 0.00000210. The molecule has 2 heterocycles. The molecule has 0 fully saturated rings. The molecule has 0 unspecified atom stereocenters. The van der Waals surface area contributed by atoms with Gasteiger partial charge in [-0.2, -0.15) is 0 Å². The minimum Gasteiger partial charge on any atom is -1.00 e. The standard InChI is InChI=1S/C19H17N5OS.BrH/c1-24-16(12-7-9-13(25-2)10-8-12)11-26-19(24)23-22-18-15-6-4-3-5-14(15)17(20)21-18;/h3-11H,1-2H3,(H2,20,21,22);1H. The van der Waals surface area contributed by atoms with Crippen LogP contribution in [0.1, 0.15) is 0 Å². The van der Waals surface area contributed by atoms with Gasteiger partial charge in [-0.3, -0.25) is 0 Å². The molecule has 2 aromatic heterocycles. The lowest BCUT2D eigenvalue weighted by atomic mass is 10.1. The van der Waals surface area contributed by atoms with Gasteiger partial charge < -0.3 is 32.4 Å². The summed E-state index contributed by atoms with van der Waals surface area (Å²) in [5, 5.41) is 13.6. The maximum absolute atomic E-state index is 6.01. The number of H-pyrrole nitrogens is 1. The first-order valence-corrected chi connectivity index (χ1v) is 8.95. The van der Waals surface area contributed by atoms with Gasteiger partial charge in [0.2, 0.25) is 0 Å². The Morgan fingerprint density at radius 3 is 2.44 bits per heavy atom. The first-order valence-electron chi connectivity index (χ1n) is 8.07. The molecule has 0 radical (unpaired) electrons. The number of anilines is 1. The molecule has 138 valence electrons. The van der Waals surface area contributed by atoms with E-state index in [9.17, 15) is 0 Å². The minimum atomic E-state index is 0. The number of nitrogens with two attached hydrogens (primary N) is 1. The lowest BCUT2D eigenvalue weighted by Gasteiger charge is -2.01. The highest BCUT2D eigenvalue weighted by molar-refractivity contribution is 7.13. The highest BCUT2D eigenvalue weighted by Crippen LogP contribution is 2.32. The number of thiazole rings is 1. The molecule has 0 aliphatic carbocycles. The van der Waals surface area contributed by atoms with E-state index >= 15 is 0 Å². The number of hydrogen-bond acceptors (Lipinski definition) is 5. The van der Waals surface area contributed by atoms with E-state index in [0.717, 1.165) is 32.9 Å². The van der Waals surface area contributed by atoms with Crippen molar-refractivity contribution in [3.05, 3.63) is 53.9 Å². The Morgan fingerprint density at radius 1 is 1.04 bits per heavy atom. The van der Waals surface area contributed by atoms with Crippen molar-refractivity contribution in [2.75, 3.05) is 12.8 Å². The van der Waals surface area contributed by atoms with Crippen molar-refractivity contribution in [2.24, 2.45) is 17.3 Å². The molecule has 4 aromatic rings. The number of rotatable bonds is 4. The molecule has 0 amide bonds. The Hall–Kier alpha value is -2.71. The number of fused-ring (bicyclic) bond motifs is 1. The van der Waals surface area contributed by atoms with Crippen molar-refractivity contribution in [3.8, 4) is 17.0 Å². The maximum Gasteiger partial charge on any atom is 0.408 e. The predicted octanol–water partition coefficient (Wildman–Crippen LogP) is 1.73. The highest BCUT2D eigenvalue weighted by atomic mass is 79.9. The molecule has 0 aliphatic rings. The van der Waals surface area contributed by atoms with Crippen LogP contribution in [0.4, 0.5) is 16.8 Å². The SMILES string of the molecule is COc1ccc(-c2csc(/N=N/c3[nH]c(N)c4ccccc34)[n+]2C)cc1.[Br-]. The van der Waals surface area contributed by atoms with Crippen LogP contribution in [0.3, 0.4) is 0 Å². The largest absolute Gasteiger partial charge is 1.00 e. The lowest BCUT2D eigenvalue weighted by molar-refractivity contribution is -0.643.